The van der Waals surface area contributed by atoms with Crippen LogP contribution in [0.2, 0.25) is 0 Å². The van der Waals surface area contributed by atoms with Crippen molar-refractivity contribution in [3.8, 4) is 0 Å². The van der Waals surface area contributed by atoms with Crippen LogP contribution < -0.4 is 5.32 Å². The van der Waals surface area contributed by atoms with Gasteiger partial charge in [0.2, 0.25) is 0 Å². The van der Waals surface area contributed by atoms with E-state index in [1.54, 1.807) is 0 Å². The minimum absolute atomic E-state index is 0.344. The maximum Gasteiger partial charge on any atom is 0.0430 e. The van der Waals surface area contributed by atoms with Crippen molar-refractivity contribution in [3.05, 3.63) is 0 Å². The standard InChI is InChI=1S/C8H19N.C4H10O/c1-3-4-5-6-7-8-9-2;1-2-3-4-5/h9H,3-8H2,1-2H3;5H,2-4H2,1H3. The summed E-state index contributed by atoms with van der Waals surface area (Å²) >= 11 is 0. The smallest absolute Gasteiger partial charge is 0.0430 e. The third-order valence-corrected chi connectivity index (χ3v) is 2.04. The number of rotatable bonds is 8. The Balaban J connectivity index is 0. The molecule has 0 aromatic heterocycles. The molecule has 0 bridgehead atoms. The molecule has 0 radical (unpaired) electrons. The van der Waals surface area contributed by atoms with E-state index in [2.05, 4.69) is 19.2 Å². The quantitative estimate of drug-likeness (QED) is 0.594. The predicted octanol–water partition coefficient (Wildman–Crippen LogP) is 2.96. The van der Waals surface area contributed by atoms with Crippen LogP contribution in [0.15, 0.2) is 0 Å². The Kier molecular flexibility index (Phi) is 21.8. The van der Waals surface area contributed by atoms with Crippen molar-refractivity contribution in [1.29, 1.82) is 0 Å². The molecule has 0 spiro atoms. The molecular formula is C12H29NO. The summed E-state index contributed by atoms with van der Waals surface area (Å²) in [6.45, 7) is 5.83. The molecule has 0 saturated carbocycles. The maximum atomic E-state index is 8.07. The second-order valence-electron chi connectivity index (χ2n) is 3.59. The van der Waals surface area contributed by atoms with Crippen LogP contribution in [0.1, 0.15) is 58.8 Å². The highest BCUT2D eigenvalue weighted by Crippen LogP contribution is 2.00. The number of nitrogens with one attached hydrogen (secondary N) is 1. The molecule has 0 aromatic carbocycles. The lowest BCUT2D eigenvalue weighted by Crippen LogP contribution is -2.06. The van der Waals surface area contributed by atoms with Gasteiger partial charge in [0.05, 0.1) is 0 Å². The van der Waals surface area contributed by atoms with Gasteiger partial charge in [0.1, 0.15) is 0 Å². The van der Waals surface area contributed by atoms with Crippen LogP contribution in [0.25, 0.3) is 0 Å². The average Bonchev–Trinajstić information content (AvgIpc) is 2.20. The van der Waals surface area contributed by atoms with E-state index < -0.39 is 0 Å². The highest BCUT2D eigenvalue weighted by Gasteiger charge is 1.85. The van der Waals surface area contributed by atoms with E-state index >= 15 is 0 Å². The largest absolute Gasteiger partial charge is 0.396 e. The number of hydrogen-bond donors (Lipinski definition) is 2. The minimum atomic E-state index is 0.344. The van der Waals surface area contributed by atoms with E-state index in [1.165, 1.54) is 38.6 Å². The van der Waals surface area contributed by atoms with E-state index in [0.717, 1.165) is 12.8 Å². The van der Waals surface area contributed by atoms with Crippen molar-refractivity contribution in [1.82, 2.24) is 5.32 Å². The molecule has 0 unspecified atom stereocenters. The average molecular weight is 203 g/mol. The third kappa shape index (κ3) is 22.7. The van der Waals surface area contributed by atoms with Crippen molar-refractivity contribution in [2.75, 3.05) is 20.2 Å². The molecule has 0 heterocycles. The van der Waals surface area contributed by atoms with Crippen LogP contribution in [0.5, 0.6) is 0 Å². The van der Waals surface area contributed by atoms with Gasteiger partial charge in [-0.25, -0.2) is 0 Å². The molecule has 0 rings (SSSR count). The summed E-state index contributed by atoms with van der Waals surface area (Å²) in [5.74, 6) is 0. The monoisotopic (exact) mass is 203 g/mol. The van der Waals surface area contributed by atoms with Gasteiger partial charge < -0.3 is 10.4 Å². The zero-order valence-electron chi connectivity index (χ0n) is 10.3. The minimum Gasteiger partial charge on any atom is -0.396 e. The number of aliphatic hydroxyl groups is 1. The molecule has 88 valence electrons. The summed E-state index contributed by atoms with van der Waals surface area (Å²) in [4.78, 5) is 0. The first-order valence-electron chi connectivity index (χ1n) is 6.08. The molecule has 0 aliphatic rings. The lowest BCUT2D eigenvalue weighted by atomic mass is 10.1. The van der Waals surface area contributed by atoms with Crippen molar-refractivity contribution in [2.24, 2.45) is 0 Å². The predicted molar refractivity (Wildman–Crippen MR) is 64.7 cm³/mol. The molecule has 14 heavy (non-hydrogen) atoms. The van der Waals surface area contributed by atoms with Gasteiger partial charge in [-0.2, -0.15) is 0 Å². The van der Waals surface area contributed by atoms with E-state index in [-0.39, 0.29) is 0 Å². The summed E-state index contributed by atoms with van der Waals surface area (Å²) in [5.41, 5.74) is 0. The maximum absolute atomic E-state index is 8.07. The summed E-state index contributed by atoms with van der Waals surface area (Å²) in [7, 11) is 2.01. The van der Waals surface area contributed by atoms with Crippen LogP contribution in [0.3, 0.4) is 0 Å². The van der Waals surface area contributed by atoms with Crippen LogP contribution in [-0.2, 0) is 0 Å². The first-order valence-corrected chi connectivity index (χ1v) is 6.08. The molecule has 0 amide bonds. The van der Waals surface area contributed by atoms with Gasteiger partial charge in [-0.15, -0.1) is 0 Å². The molecule has 0 saturated heterocycles. The Morgan fingerprint density at radius 3 is 1.79 bits per heavy atom. The second kappa shape index (κ2) is 18.7. The SMILES string of the molecule is CCCCCCCNC.CCCCO. The van der Waals surface area contributed by atoms with Crippen LogP contribution in [0.4, 0.5) is 0 Å². The Morgan fingerprint density at radius 1 is 0.857 bits per heavy atom. The molecule has 0 aliphatic carbocycles. The molecule has 2 heteroatoms. The fourth-order valence-electron chi connectivity index (χ4n) is 1.06. The normalized spacial score (nSPS) is 9.43. The van der Waals surface area contributed by atoms with Crippen molar-refractivity contribution >= 4 is 0 Å². The van der Waals surface area contributed by atoms with Crippen molar-refractivity contribution in [2.45, 2.75) is 58.8 Å². The van der Waals surface area contributed by atoms with E-state index in [9.17, 15) is 0 Å². The molecular weight excluding hydrogens is 174 g/mol. The first kappa shape index (κ1) is 16.4. The Hall–Kier alpha value is -0.0800. The fraction of sp³-hybridized carbons (Fsp3) is 1.00. The Labute approximate surface area is 90.1 Å². The zero-order valence-corrected chi connectivity index (χ0v) is 10.3. The summed E-state index contributed by atoms with van der Waals surface area (Å²) in [5, 5.41) is 11.2. The molecule has 0 aromatic rings. The molecule has 2 nitrogen and oxygen atoms in total. The van der Waals surface area contributed by atoms with E-state index in [4.69, 9.17) is 5.11 Å². The van der Waals surface area contributed by atoms with Crippen LogP contribution >= 0.6 is 0 Å². The zero-order chi connectivity index (χ0) is 11.1. The van der Waals surface area contributed by atoms with Gasteiger partial charge in [-0.1, -0.05) is 46.0 Å². The topological polar surface area (TPSA) is 32.3 Å². The fourth-order valence-corrected chi connectivity index (χ4v) is 1.06. The third-order valence-electron chi connectivity index (χ3n) is 2.04. The second-order valence-corrected chi connectivity index (χ2v) is 3.59. The lowest BCUT2D eigenvalue weighted by Gasteiger charge is -1.97. The summed E-state index contributed by atoms with van der Waals surface area (Å²) in [6, 6.07) is 0. The van der Waals surface area contributed by atoms with Gasteiger partial charge >= 0.3 is 0 Å². The molecule has 0 atom stereocenters. The van der Waals surface area contributed by atoms with Crippen LogP contribution in [0, 0.1) is 0 Å². The lowest BCUT2D eigenvalue weighted by molar-refractivity contribution is 0.287. The van der Waals surface area contributed by atoms with Crippen molar-refractivity contribution < 1.29 is 5.11 Å². The van der Waals surface area contributed by atoms with E-state index in [0.29, 0.717) is 6.61 Å². The highest BCUT2D eigenvalue weighted by molar-refractivity contribution is 4.43. The highest BCUT2D eigenvalue weighted by atomic mass is 16.2. The van der Waals surface area contributed by atoms with Crippen LogP contribution in [-0.4, -0.2) is 25.3 Å². The van der Waals surface area contributed by atoms with Gasteiger partial charge in [-0.3, -0.25) is 0 Å². The number of hydrogen-bond acceptors (Lipinski definition) is 2. The Bertz CT molecular complexity index is 68.7. The summed E-state index contributed by atoms with van der Waals surface area (Å²) < 4.78 is 0. The van der Waals surface area contributed by atoms with Gasteiger partial charge in [0.15, 0.2) is 0 Å². The Morgan fingerprint density at radius 2 is 1.43 bits per heavy atom. The first-order chi connectivity index (χ1) is 6.83. The number of aliphatic hydroxyl groups excluding tert-OH is 1. The summed E-state index contributed by atoms with van der Waals surface area (Å²) in [6.07, 6.45) is 8.95. The van der Waals surface area contributed by atoms with Crippen molar-refractivity contribution in [3.63, 3.8) is 0 Å². The molecule has 0 fully saturated rings. The van der Waals surface area contributed by atoms with E-state index in [1.807, 2.05) is 7.05 Å². The number of unbranched alkanes of at least 4 members (excludes halogenated alkanes) is 5. The molecule has 2 N–H and O–H groups in total. The van der Waals surface area contributed by atoms with Gasteiger partial charge in [-0.05, 0) is 26.4 Å². The van der Waals surface area contributed by atoms with Gasteiger partial charge in [0.25, 0.3) is 0 Å². The molecule has 0 aliphatic heterocycles. The van der Waals surface area contributed by atoms with Gasteiger partial charge in [0, 0.05) is 6.61 Å².